The third kappa shape index (κ3) is 2.44. The molecule has 0 saturated carbocycles. The zero-order valence-electron chi connectivity index (χ0n) is 10.2. The van der Waals surface area contributed by atoms with Crippen LogP contribution in [0.2, 0.25) is 0 Å². The maximum atomic E-state index is 13.1. The predicted octanol–water partition coefficient (Wildman–Crippen LogP) is 4.59. The third-order valence-corrected chi connectivity index (χ3v) is 3.43. The second kappa shape index (κ2) is 5.09. The molecule has 1 amide bonds. The highest BCUT2D eigenvalue weighted by Crippen LogP contribution is 2.27. The lowest BCUT2D eigenvalue weighted by molar-refractivity contribution is 0.0998. The van der Waals surface area contributed by atoms with Gasteiger partial charge >= 0.3 is 0 Å². The van der Waals surface area contributed by atoms with Crippen molar-refractivity contribution in [2.75, 3.05) is 5.32 Å². The van der Waals surface area contributed by atoms with Gasteiger partial charge in [-0.05, 0) is 46.3 Å². The lowest BCUT2D eigenvalue weighted by Crippen LogP contribution is -2.10. The van der Waals surface area contributed by atoms with Gasteiger partial charge in [0.25, 0.3) is 5.91 Å². The Hall–Kier alpha value is -2.14. The standard InChI is InChI=1S/C15H9BrFNO2/c16-12-6-1-3-9-7-13(20-14(9)12)15(19)18-11-5-2-4-10(17)8-11/h1-8H,(H,18,19). The molecular weight excluding hydrogens is 325 g/mol. The first kappa shape index (κ1) is 12.9. The lowest BCUT2D eigenvalue weighted by atomic mass is 10.2. The second-order valence-corrected chi connectivity index (χ2v) is 5.09. The number of furan rings is 1. The number of nitrogens with one attached hydrogen (secondary N) is 1. The van der Waals surface area contributed by atoms with Crippen molar-refractivity contribution in [3.05, 3.63) is 64.6 Å². The number of anilines is 1. The van der Waals surface area contributed by atoms with E-state index in [1.54, 1.807) is 12.1 Å². The SMILES string of the molecule is O=C(Nc1cccc(F)c1)c1cc2cccc(Br)c2o1. The van der Waals surface area contributed by atoms with E-state index in [9.17, 15) is 9.18 Å². The van der Waals surface area contributed by atoms with Crippen LogP contribution in [0.1, 0.15) is 10.6 Å². The van der Waals surface area contributed by atoms with Gasteiger partial charge in [-0.25, -0.2) is 4.39 Å². The highest BCUT2D eigenvalue weighted by Gasteiger charge is 2.14. The summed E-state index contributed by atoms with van der Waals surface area (Å²) in [5.41, 5.74) is 0.992. The molecular formula is C15H9BrFNO2. The summed E-state index contributed by atoms with van der Waals surface area (Å²) in [6.07, 6.45) is 0. The highest BCUT2D eigenvalue weighted by atomic mass is 79.9. The third-order valence-electron chi connectivity index (χ3n) is 2.80. The molecule has 0 aliphatic rings. The minimum absolute atomic E-state index is 0.177. The van der Waals surface area contributed by atoms with Crippen LogP contribution in [0.15, 0.2) is 57.4 Å². The molecule has 20 heavy (non-hydrogen) atoms. The molecule has 1 N–H and O–H groups in total. The average Bonchev–Trinajstić information content (AvgIpc) is 2.84. The predicted molar refractivity (Wildman–Crippen MR) is 78.3 cm³/mol. The molecule has 0 spiro atoms. The minimum atomic E-state index is -0.418. The van der Waals surface area contributed by atoms with Crippen LogP contribution in [-0.4, -0.2) is 5.91 Å². The maximum absolute atomic E-state index is 13.1. The van der Waals surface area contributed by atoms with Crippen molar-refractivity contribution >= 4 is 38.5 Å². The van der Waals surface area contributed by atoms with Crippen molar-refractivity contribution in [1.29, 1.82) is 0 Å². The van der Waals surface area contributed by atoms with E-state index in [2.05, 4.69) is 21.2 Å². The quantitative estimate of drug-likeness (QED) is 0.745. The van der Waals surface area contributed by atoms with Crippen molar-refractivity contribution in [1.82, 2.24) is 0 Å². The molecule has 0 saturated heterocycles. The number of benzene rings is 2. The van der Waals surface area contributed by atoms with Gasteiger partial charge in [0.05, 0.1) is 4.47 Å². The summed E-state index contributed by atoms with van der Waals surface area (Å²) < 4.78 is 19.3. The van der Waals surface area contributed by atoms with E-state index in [0.717, 1.165) is 9.86 Å². The molecule has 3 nitrogen and oxygen atoms in total. The van der Waals surface area contributed by atoms with E-state index in [1.165, 1.54) is 18.2 Å². The van der Waals surface area contributed by atoms with Gasteiger partial charge in [-0.2, -0.15) is 0 Å². The summed E-state index contributed by atoms with van der Waals surface area (Å²) in [4.78, 5) is 12.1. The van der Waals surface area contributed by atoms with Crippen LogP contribution >= 0.6 is 15.9 Å². The Morgan fingerprint density at radius 1 is 1.15 bits per heavy atom. The number of carbonyl (C=O) groups excluding carboxylic acids is 1. The molecule has 100 valence electrons. The summed E-state index contributed by atoms with van der Waals surface area (Å²) >= 11 is 3.36. The number of carbonyl (C=O) groups is 1. The molecule has 0 bridgehead atoms. The molecule has 0 unspecified atom stereocenters. The Bertz CT molecular complexity index is 797. The zero-order valence-corrected chi connectivity index (χ0v) is 11.8. The van der Waals surface area contributed by atoms with Gasteiger partial charge in [-0.15, -0.1) is 0 Å². The molecule has 1 aromatic heterocycles. The van der Waals surface area contributed by atoms with Gasteiger partial charge < -0.3 is 9.73 Å². The molecule has 0 fully saturated rings. The van der Waals surface area contributed by atoms with Crippen molar-refractivity contribution in [2.24, 2.45) is 0 Å². The summed E-state index contributed by atoms with van der Waals surface area (Å²) in [7, 11) is 0. The number of amides is 1. The Morgan fingerprint density at radius 2 is 1.95 bits per heavy atom. The normalized spacial score (nSPS) is 10.7. The number of para-hydroxylation sites is 1. The van der Waals surface area contributed by atoms with E-state index in [4.69, 9.17) is 4.42 Å². The molecule has 0 aliphatic heterocycles. The molecule has 2 aromatic carbocycles. The molecule has 3 aromatic rings. The Balaban J connectivity index is 1.91. The van der Waals surface area contributed by atoms with Crippen molar-refractivity contribution in [3.8, 4) is 0 Å². The summed E-state index contributed by atoms with van der Waals surface area (Å²) in [6.45, 7) is 0. The molecule has 1 heterocycles. The van der Waals surface area contributed by atoms with Crippen LogP contribution in [0.4, 0.5) is 10.1 Å². The van der Waals surface area contributed by atoms with Gasteiger partial charge in [0.15, 0.2) is 5.76 Å². The first-order valence-corrected chi connectivity index (χ1v) is 6.68. The Kier molecular flexibility index (Phi) is 3.28. The largest absolute Gasteiger partial charge is 0.450 e. The molecule has 0 radical (unpaired) electrons. The van der Waals surface area contributed by atoms with Crippen LogP contribution in [-0.2, 0) is 0 Å². The van der Waals surface area contributed by atoms with Gasteiger partial charge in [-0.3, -0.25) is 4.79 Å². The summed E-state index contributed by atoms with van der Waals surface area (Å²) in [6, 6.07) is 12.9. The van der Waals surface area contributed by atoms with E-state index >= 15 is 0 Å². The van der Waals surface area contributed by atoms with Gasteiger partial charge in [0.2, 0.25) is 0 Å². The summed E-state index contributed by atoms with van der Waals surface area (Å²) in [5, 5.41) is 3.41. The van der Waals surface area contributed by atoms with E-state index in [1.807, 2.05) is 18.2 Å². The molecule has 0 atom stereocenters. The van der Waals surface area contributed by atoms with Gasteiger partial charge in [-0.1, -0.05) is 18.2 Å². The lowest BCUT2D eigenvalue weighted by Gasteiger charge is -2.02. The highest BCUT2D eigenvalue weighted by molar-refractivity contribution is 9.10. The number of halogens is 2. The maximum Gasteiger partial charge on any atom is 0.291 e. The molecule has 0 aliphatic carbocycles. The first-order chi connectivity index (χ1) is 9.63. The fourth-order valence-electron chi connectivity index (χ4n) is 1.90. The van der Waals surface area contributed by atoms with Crippen LogP contribution in [0.25, 0.3) is 11.0 Å². The Morgan fingerprint density at radius 3 is 2.70 bits per heavy atom. The summed E-state index contributed by atoms with van der Waals surface area (Å²) in [5.74, 6) is -0.648. The fourth-order valence-corrected chi connectivity index (χ4v) is 2.36. The van der Waals surface area contributed by atoms with E-state index < -0.39 is 11.7 Å². The van der Waals surface area contributed by atoms with Crippen LogP contribution in [0.3, 0.4) is 0 Å². The number of fused-ring (bicyclic) bond motifs is 1. The van der Waals surface area contributed by atoms with Crippen molar-refractivity contribution in [2.45, 2.75) is 0 Å². The van der Waals surface area contributed by atoms with Gasteiger partial charge in [0, 0.05) is 11.1 Å². The zero-order chi connectivity index (χ0) is 14.1. The number of rotatable bonds is 2. The molecule has 3 rings (SSSR count). The number of hydrogen-bond donors (Lipinski definition) is 1. The first-order valence-electron chi connectivity index (χ1n) is 5.88. The van der Waals surface area contributed by atoms with Crippen LogP contribution in [0, 0.1) is 5.82 Å². The smallest absolute Gasteiger partial charge is 0.291 e. The van der Waals surface area contributed by atoms with Crippen LogP contribution in [0.5, 0.6) is 0 Å². The second-order valence-electron chi connectivity index (χ2n) is 4.23. The van der Waals surface area contributed by atoms with Crippen LogP contribution < -0.4 is 5.32 Å². The van der Waals surface area contributed by atoms with Gasteiger partial charge in [0.1, 0.15) is 11.4 Å². The molecule has 5 heteroatoms. The Labute approximate surface area is 122 Å². The monoisotopic (exact) mass is 333 g/mol. The van der Waals surface area contributed by atoms with Crippen molar-refractivity contribution < 1.29 is 13.6 Å². The minimum Gasteiger partial charge on any atom is -0.450 e. The van der Waals surface area contributed by atoms with E-state index in [-0.39, 0.29) is 5.76 Å². The average molecular weight is 334 g/mol. The topological polar surface area (TPSA) is 42.2 Å². The van der Waals surface area contributed by atoms with E-state index in [0.29, 0.717) is 11.3 Å². The fraction of sp³-hybridized carbons (Fsp3) is 0. The van der Waals surface area contributed by atoms with Crippen molar-refractivity contribution in [3.63, 3.8) is 0 Å². The number of hydrogen-bond acceptors (Lipinski definition) is 2.